The molecule has 116 valence electrons. The summed E-state index contributed by atoms with van der Waals surface area (Å²) in [6, 6.07) is 4.86. The summed E-state index contributed by atoms with van der Waals surface area (Å²) in [5.41, 5.74) is 0.612. The summed E-state index contributed by atoms with van der Waals surface area (Å²) in [5.74, 6) is 2.14. The SMILES string of the molecule is CN(Cc1ccco1)[C@H]1CCC12CCN(CC1CC1)CC2. The quantitative estimate of drug-likeness (QED) is 0.828. The number of hydrogen-bond acceptors (Lipinski definition) is 3. The van der Waals surface area contributed by atoms with Gasteiger partial charge in [0.2, 0.25) is 0 Å². The second-order valence-corrected chi connectivity index (χ2v) is 7.66. The highest BCUT2D eigenvalue weighted by Crippen LogP contribution is 2.51. The van der Waals surface area contributed by atoms with Crippen LogP contribution in [0.25, 0.3) is 0 Å². The summed E-state index contributed by atoms with van der Waals surface area (Å²) in [6.07, 6.45) is 10.4. The van der Waals surface area contributed by atoms with Gasteiger partial charge in [0, 0.05) is 12.6 Å². The Kier molecular flexibility index (Phi) is 3.58. The molecule has 1 aromatic heterocycles. The number of furan rings is 1. The predicted molar refractivity (Wildman–Crippen MR) is 84.0 cm³/mol. The minimum Gasteiger partial charge on any atom is -0.468 e. The van der Waals surface area contributed by atoms with Gasteiger partial charge in [0.1, 0.15) is 5.76 Å². The molecular weight excluding hydrogens is 260 g/mol. The zero-order valence-corrected chi connectivity index (χ0v) is 13.3. The summed E-state index contributed by atoms with van der Waals surface area (Å²) in [5, 5.41) is 0. The predicted octanol–water partition coefficient (Wildman–Crippen LogP) is 3.37. The van der Waals surface area contributed by atoms with Crippen LogP contribution in [0, 0.1) is 11.3 Å². The average Bonchev–Trinajstić information content (AvgIpc) is 3.13. The topological polar surface area (TPSA) is 19.6 Å². The van der Waals surface area contributed by atoms with Crippen molar-refractivity contribution in [3.05, 3.63) is 24.2 Å². The molecule has 0 radical (unpaired) electrons. The Morgan fingerprint density at radius 1 is 1.24 bits per heavy atom. The summed E-state index contributed by atoms with van der Waals surface area (Å²) < 4.78 is 5.52. The molecule has 4 rings (SSSR count). The van der Waals surface area contributed by atoms with Crippen molar-refractivity contribution in [1.82, 2.24) is 9.80 Å². The van der Waals surface area contributed by atoms with Gasteiger partial charge in [-0.2, -0.15) is 0 Å². The van der Waals surface area contributed by atoms with E-state index in [1.807, 2.05) is 6.07 Å². The van der Waals surface area contributed by atoms with Crippen molar-refractivity contribution < 1.29 is 4.42 Å². The average molecular weight is 288 g/mol. The van der Waals surface area contributed by atoms with Crippen molar-refractivity contribution in [3.8, 4) is 0 Å². The first-order valence-electron chi connectivity index (χ1n) is 8.70. The number of likely N-dealkylation sites (tertiary alicyclic amines) is 1. The summed E-state index contributed by atoms with van der Waals surface area (Å²) in [6.45, 7) is 5.01. The van der Waals surface area contributed by atoms with Gasteiger partial charge in [-0.05, 0) is 82.1 Å². The third-order valence-electron chi connectivity index (χ3n) is 6.21. The molecule has 21 heavy (non-hydrogen) atoms. The van der Waals surface area contributed by atoms with Gasteiger partial charge in [0.15, 0.2) is 0 Å². The molecule has 1 aromatic rings. The van der Waals surface area contributed by atoms with E-state index < -0.39 is 0 Å². The first-order chi connectivity index (χ1) is 10.3. The monoisotopic (exact) mass is 288 g/mol. The third kappa shape index (κ3) is 2.78. The van der Waals surface area contributed by atoms with Crippen LogP contribution in [-0.2, 0) is 6.54 Å². The van der Waals surface area contributed by atoms with Crippen LogP contribution in [-0.4, -0.2) is 42.5 Å². The Hall–Kier alpha value is -0.800. The van der Waals surface area contributed by atoms with Gasteiger partial charge in [-0.15, -0.1) is 0 Å². The van der Waals surface area contributed by atoms with Crippen LogP contribution >= 0.6 is 0 Å². The van der Waals surface area contributed by atoms with Gasteiger partial charge < -0.3 is 9.32 Å². The second-order valence-electron chi connectivity index (χ2n) is 7.66. The van der Waals surface area contributed by atoms with Crippen molar-refractivity contribution in [2.24, 2.45) is 11.3 Å². The highest BCUT2D eigenvalue weighted by atomic mass is 16.3. The molecule has 3 nitrogen and oxygen atoms in total. The van der Waals surface area contributed by atoms with Crippen LogP contribution in [0.3, 0.4) is 0 Å². The van der Waals surface area contributed by atoms with Crippen LogP contribution in [0.1, 0.15) is 44.3 Å². The number of hydrogen-bond donors (Lipinski definition) is 0. The molecule has 0 unspecified atom stereocenters. The Bertz CT molecular complexity index is 458. The second kappa shape index (κ2) is 5.44. The number of nitrogens with zero attached hydrogens (tertiary/aromatic N) is 2. The van der Waals surface area contributed by atoms with Gasteiger partial charge in [-0.1, -0.05) is 0 Å². The van der Waals surface area contributed by atoms with Gasteiger partial charge in [0.05, 0.1) is 12.8 Å². The van der Waals surface area contributed by atoms with E-state index in [0.29, 0.717) is 5.41 Å². The van der Waals surface area contributed by atoms with Crippen LogP contribution in [0.2, 0.25) is 0 Å². The van der Waals surface area contributed by atoms with E-state index in [2.05, 4.69) is 22.9 Å². The maximum atomic E-state index is 5.52. The lowest BCUT2D eigenvalue weighted by atomic mass is 9.58. The fourth-order valence-electron chi connectivity index (χ4n) is 4.56. The fraction of sp³-hybridized carbons (Fsp3) is 0.778. The molecule has 3 fully saturated rings. The third-order valence-corrected chi connectivity index (χ3v) is 6.21. The van der Waals surface area contributed by atoms with Crippen LogP contribution in [0.15, 0.2) is 22.8 Å². The molecule has 0 aromatic carbocycles. The van der Waals surface area contributed by atoms with Gasteiger partial charge in [-0.25, -0.2) is 0 Å². The van der Waals surface area contributed by atoms with Crippen molar-refractivity contribution in [1.29, 1.82) is 0 Å². The lowest BCUT2D eigenvalue weighted by molar-refractivity contribution is -0.0641. The fourth-order valence-corrected chi connectivity index (χ4v) is 4.56. The van der Waals surface area contributed by atoms with Crippen molar-refractivity contribution >= 4 is 0 Å². The Morgan fingerprint density at radius 3 is 2.62 bits per heavy atom. The molecule has 3 aliphatic rings. The van der Waals surface area contributed by atoms with E-state index in [1.54, 1.807) is 6.26 Å². The maximum absolute atomic E-state index is 5.52. The highest BCUT2D eigenvalue weighted by Gasteiger charge is 2.49. The smallest absolute Gasteiger partial charge is 0.117 e. The molecule has 3 heteroatoms. The Balaban J connectivity index is 1.32. The molecule has 2 heterocycles. The molecule has 0 bridgehead atoms. The zero-order chi connectivity index (χ0) is 14.3. The first-order valence-corrected chi connectivity index (χ1v) is 8.70. The molecule has 1 saturated heterocycles. The van der Waals surface area contributed by atoms with E-state index >= 15 is 0 Å². The van der Waals surface area contributed by atoms with E-state index in [1.165, 1.54) is 58.2 Å². The van der Waals surface area contributed by atoms with Crippen molar-refractivity contribution in [2.45, 2.75) is 51.1 Å². The number of piperidine rings is 1. The first kappa shape index (κ1) is 13.8. The van der Waals surface area contributed by atoms with Crippen molar-refractivity contribution in [3.63, 3.8) is 0 Å². The molecule has 2 saturated carbocycles. The van der Waals surface area contributed by atoms with E-state index in [4.69, 9.17) is 4.42 Å². The zero-order valence-electron chi connectivity index (χ0n) is 13.3. The minimum atomic E-state index is 0.612. The number of rotatable bonds is 5. The summed E-state index contributed by atoms with van der Waals surface area (Å²) in [7, 11) is 2.28. The van der Waals surface area contributed by atoms with Gasteiger partial charge in [0.25, 0.3) is 0 Å². The van der Waals surface area contributed by atoms with Crippen LogP contribution in [0.4, 0.5) is 0 Å². The van der Waals surface area contributed by atoms with E-state index in [-0.39, 0.29) is 0 Å². The lowest BCUT2D eigenvalue weighted by Crippen LogP contribution is -2.58. The minimum absolute atomic E-state index is 0.612. The largest absolute Gasteiger partial charge is 0.468 e. The Labute approximate surface area is 128 Å². The molecule has 1 aliphatic heterocycles. The highest BCUT2D eigenvalue weighted by molar-refractivity contribution is 5.05. The van der Waals surface area contributed by atoms with Crippen LogP contribution in [0.5, 0.6) is 0 Å². The maximum Gasteiger partial charge on any atom is 0.117 e. The molecule has 1 atom stereocenters. The van der Waals surface area contributed by atoms with Gasteiger partial charge in [-0.3, -0.25) is 4.90 Å². The Morgan fingerprint density at radius 2 is 2.05 bits per heavy atom. The lowest BCUT2D eigenvalue weighted by Gasteiger charge is -2.57. The van der Waals surface area contributed by atoms with E-state index in [0.717, 1.165) is 24.3 Å². The van der Waals surface area contributed by atoms with Gasteiger partial charge >= 0.3 is 0 Å². The molecule has 1 spiro atoms. The summed E-state index contributed by atoms with van der Waals surface area (Å²) in [4.78, 5) is 5.27. The molecular formula is C18H28N2O. The molecule has 2 aliphatic carbocycles. The molecule has 0 amide bonds. The van der Waals surface area contributed by atoms with E-state index in [9.17, 15) is 0 Å². The van der Waals surface area contributed by atoms with Crippen LogP contribution < -0.4 is 0 Å². The summed E-state index contributed by atoms with van der Waals surface area (Å²) >= 11 is 0. The van der Waals surface area contributed by atoms with Crippen molar-refractivity contribution in [2.75, 3.05) is 26.7 Å². The standard InChI is InChI=1S/C18H28N2O/c1-19(14-16-3-2-12-21-16)17-6-7-18(17)8-10-20(11-9-18)13-15-4-5-15/h2-3,12,15,17H,4-11,13-14H2,1H3/t17-/m0/s1. The normalized spacial score (nSPS) is 29.0. The molecule has 0 N–H and O–H groups in total.